The van der Waals surface area contributed by atoms with Crippen molar-refractivity contribution in [3.63, 3.8) is 0 Å². The lowest BCUT2D eigenvalue weighted by Gasteiger charge is -2.16. The Kier molecular flexibility index (Phi) is 5.93. The predicted molar refractivity (Wildman–Crippen MR) is 115 cm³/mol. The molecule has 2 N–H and O–H groups in total. The Hall–Kier alpha value is -3.74. The number of anilines is 1. The zero-order valence-corrected chi connectivity index (χ0v) is 16.9. The summed E-state index contributed by atoms with van der Waals surface area (Å²) in [5.41, 5.74) is 1.60. The van der Waals surface area contributed by atoms with E-state index in [1.165, 1.54) is 0 Å². The molecule has 0 spiro atoms. The fraction of sp³-hybridized carbons (Fsp3) is 0.250. The summed E-state index contributed by atoms with van der Waals surface area (Å²) in [4.78, 5) is 51.4. The average molecular weight is 417 g/mol. The van der Waals surface area contributed by atoms with E-state index in [1.807, 2.05) is 42.5 Å². The zero-order chi connectivity index (χ0) is 21.8. The highest BCUT2D eigenvalue weighted by molar-refractivity contribution is 6.10. The van der Waals surface area contributed by atoms with Crippen LogP contribution in [-0.4, -0.2) is 35.1 Å². The van der Waals surface area contributed by atoms with Crippen LogP contribution in [0.5, 0.6) is 0 Å². The molecule has 4 amide bonds. The maximum atomic E-state index is 12.7. The van der Waals surface area contributed by atoms with Crippen LogP contribution in [0.15, 0.2) is 66.7 Å². The number of amides is 4. The number of nitrogens with one attached hydrogen (secondary N) is 2. The van der Waals surface area contributed by atoms with Crippen molar-refractivity contribution in [1.29, 1.82) is 0 Å². The third-order valence-electron chi connectivity index (χ3n) is 5.64. The third kappa shape index (κ3) is 4.40. The first-order valence-electron chi connectivity index (χ1n) is 10.3. The Balaban J connectivity index is 1.40. The van der Waals surface area contributed by atoms with E-state index in [4.69, 9.17) is 0 Å². The van der Waals surface area contributed by atoms with Crippen molar-refractivity contribution in [2.45, 2.75) is 19.4 Å². The first-order chi connectivity index (χ1) is 15.0. The molecule has 0 saturated carbocycles. The van der Waals surface area contributed by atoms with Gasteiger partial charge in [-0.3, -0.25) is 24.1 Å². The standard InChI is InChI=1S/C24H23N3O4/c28-21(15-27-23(30)17-10-4-5-11-18(17)24(27)31)26-20-13-7-6-12-19(20)22(29)25-14-16-8-2-1-3-9-16/h1-9,12-13,17-18H,10-11,14-15H2,(H,25,29)(H,26,28)/t17-,18-/m0/s1. The number of hydrogen-bond donors (Lipinski definition) is 2. The maximum absolute atomic E-state index is 12.7. The van der Waals surface area contributed by atoms with Gasteiger partial charge in [-0.2, -0.15) is 0 Å². The quantitative estimate of drug-likeness (QED) is 0.558. The molecule has 0 radical (unpaired) electrons. The van der Waals surface area contributed by atoms with Crippen LogP contribution in [0.3, 0.4) is 0 Å². The first-order valence-corrected chi connectivity index (χ1v) is 10.3. The number of hydrogen-bond acceptors (Lipinski definition) is 4. The highest BCUT2D eigenvalue weighted by Gasteiger charge is 2.47. The summed E-state index contributed by atoms with van der Waals surface area (Å²) in [6, 6.07) is 16.1. The number of carbonyl (C=O) groups is 4. The van der Waals surface area contributed by atoms with Crippen molar-refractivity contribution >= 4 is 29.3 Å². The summed E-state index contributed by atoms with van der Waals surface area (Å²) >= 11 is 0. The van der Waals surface area contributed by atoms with Gasteiger partial charge >= 0.3 is 0 Å². The van der Waals surface area contributed by atoms with Gasteiger partial charge in [-0.25, -0.2) is 0 Å². The number of fused-ring (bicyclic) bond motifs is 1. The van der Waals surface area contributed by atoms with E-state index in [2.05, 4.69) is 10.6 Å². The molecular weight excluding hydrogens is 394 g/mol. The Morgan fingerprint density at radius 3 is 2.16 bits per heavy atom. The lowest BCUT2D eigenvalue weighted by molar-refractivity contribution is -0.142. The Morgan fingerprint density at radius 1 is 0.871 bits per heavy atom. The van der Waals surface area contributed by atoms with E-state index in [0.29, 0.717) is 30.6 Å². The monoisotopic (exact) mass is 417 g/mol. The van der Waals surface area contributed by atoms with Gasteiger partial charge in [0.05, 0.1) is 23.1 Å². The summed E-state index contributed by atoms with van der Waals surface area (Å²) in [6.45, 7) is 0.000182. The number of imide groups is 1. The van der Waals surface area contributed by atoms with E-state index in [1.54, 1.807) is 24.3 Å². The third-order valence-corrected chi connectivity index (χ3v) is 5.64. The van der Waals surface area contributed by atoms with E-state index in [9.17, 15) is 19.2 Å². The molecule has 2 atom stereocenters. The van der Waals surface area contributed by atoms with Crippen molar-refractivity contribution in [3.05, 3.63) is 77.9 Å². The number of benzene rings is 2. The maximum Gasteiger partial charge on any atom is 0.253 e. The molecule has 31 heavy (non-hydrogen) atoms. The van der Waals surface area contributed by atoms with E-state index < -0.39 is 5.91 Å². The molecule has 2 aliphatic rings. The minimum atomic E-state index is -0.517. The zero-order valence-electron chi connectivity index (χ0n) is 16.9. The van der Waals surface area contributed by atoms with Gasteiger partial charge in [-0.15, -0.1) is 0 Å². The normalized spacial score (nSPS) is 19.8. The number of nitrogens with zero attached hydrogens (tertiary/aromatic N) is 1. The summed E-state index contributed by atoms with van der Waals surface area (Å²) in [7, 11) is 0. The second-order valence-corrected chi connectivity index (χ2v) is 7.68. The van der Waals surface area contributed by atoms with Crippen LogP contribution >= 0.6 is 0 Å². The van der Waals surface area contributed by atoms with Gasteiger partial charge in [-0.1, -0.05) is 54.6 Å². The molecule has 7 heteroatoms. The summed E-state index contributed by atoms with van der Waals surface area (Å²) in [5.74, 6) is -2.20. The topological polar surface area (TPSA) is 95.6 Å². The molecule has 158 valence electrons. The number of carbonyl (C=O) groups excluding carboxylic acids is 4. The second kappa shape index (κ2) is 8.95. The number of allylic oxidation sites excluding steroid dienone is 2. The van der Waals surface area contributed by atoms with Crippen molar-refractivity contribution in [1.82, 2.24) is 10.2 Å². The van der Waals surface area contributed by atoms with Crippen LogP contribution in [-0.2, 0) is 20.9 Å². The summed E-state index contributed by atoms with van der Waals surface area (Å²) in [5, 5.41) is 5.51. The molecule has 1 aliphatic heterocycles. The van der Waals surface area contributed by atoms with Crippen LogP contribution in [0.25, 0.3) is 0 Å². The van der Waals surface area contributed by atoms with Crippen LogP contribution in [0, 0.1) is 11.8 Å². The molecule has 7 nitrogen and oxygen atoms in total. The van der Waals surface area contributed by atoms with Crippen molar-refractivity contribution in [3.8, 4) is 0 Å². The molecule has 1 aliphatic carbocycles. The minimum absolute atomic E-state index is 0.302. The second-order valence-electron chi connectivity index (χ2n) is 7.68. The van der Waals surface area contributed by atoms with Gasteiger partial charge < -0.3 is 10.6 Å². The molecule has 1 heterocycles. The fourth-order valence-electron chi connectivity index (χ4n) is 4.02. The predicted octanol–water partition coefficient (Wildman–Crippen LogP) is 2.51. The lowest BCUT2D eigenvalue weighted by atomic mass is 9.85. The van der Waals surface area contributed by atoms with Gasteiger partial charge in [0.2, 0.25) is 17.7 Å². The summed E-state index contributed by atoms with van der Waals surface area (Å²) < 4.78 is 0. The van der Waals surface area contributed by atoms with Gasteiger partial charge in [0.15, 0.2) is 0 Å². The molecular formula is C24H23N3O4. The molecule has 0 unspecified atom stereocenters. The Morgan fingerprint density at radius 2 is 1.48 bits per heavy atom. The van der Waals surface area contributed by atoms with E-state index >= 15 is 0 Å². The smallest absolute Gasteiger partial charge is 0.253 e. The lowest BCUT2D eigenvalue weighted by Crippen LogP contribution is -2.38. The van der Waals surface area contributed by atoms with Crippen molar-refractivity contribution in [2.75, 3.05) is 11.9 Å². The van der Waals surface area contributed by atoms with E-state index in [0.717, 1.165) is 10.5 Å². The molecule has 1 saturated heterocycles. The molecule has 1 fully saturated rings. The average Bonchev–Trinajstić information content (AvgIpc) is 3.03. The minimum Gasteiger partial charge on any atom is -0.348 e. The van der Waals surface area contributed by atoms with Gasteiger partial charge in [-0.05, 0) is 30.5 Å². The van der Waals surface area contributed by atoms with Crippen LogP contribution in [0.1, 0.15) is 28.8 Å². The number of likely N-dealkylation sites (tertiary alicyclic amines) is 1. The number of para-hydroxylation sites is 1. The highest BCUT2D eigenvalue weighted by atomic mass is 16.2. The van der Waals surface area contributed by atoms with Crippen LogP contribution in [0.2, 0.25) is 0 Å². The van der Waals surface area contributed by atoms with Crippen molar-refractivity contribution in [2.24, 2.45) is 11.8 Å². The SMILES string of the molecule is O=C(CN1C(=O)[C@H]2CC=CC[C@@H]2C1=O)Nc1ccccc1C(=O)NCc1ccccc1. The van der Waals surface area contributed by atoms with Crippen molar-refractivity contribution < 1.29 is 19.2 Å². The van der Waals surface area contributed by atoms with Crippen LogP contribution in [0.4, 0.5) is 5.69 Å². The largest absolute Gasteiger partial charge is 0.348 e. The molecule has 2 aromatic rings. The molecule has 4 rings (SSSR count). The molecule has 0 aromatic heterocycles. The Bertz CT molecular complexity index is 1020. The molecule has 2 aromatic carbocycles. The Labute approximate surface area is 180 Å². The first kappa shape index (κ1) is 20.5. The highest BCUT2D eigenvalue weighted by Crippen LogP contribution is 2.34. The van der Waals surface area contributed by atoms with E-state index in [-0.39, 0.29) is 36.1 Å². The summed E-state index contributed by atoms with van der Waals surface area (Å²) in [6.07, 6.45) is 4.86. The van der Waals surface area contributed by atoms with Gasteiger partial charge in [0.25, 0.3) is 5.91 Å². The molecule has 0 bridgehead atoms. The number of rotatable bonds is 6. The van der Waals surface area contributed by atoms with Crippen LogP contribution < -0.4 is 10.6 Å². The van der Waals surface area contributed by atoms with Gasteiger partial charge in [0.1, 0.15) is 6.54 Å². The van der Waals surface area contributed by atoms with Gasteiger partial charge in [0, 0.05) is 6.54 Å². The fourth-order valence-corrected chi connectivity index (χ4v) is 4.02.